The van der Waals surface area contributed by atoms with Crippen molar-refractivity contribution in [1.29, 1.82) is 0 Å². The largest absolute Gasteiger partial charge is 0.508 e. The Labute approximate surface area is 205 Å². The lowest BCUT2D eigenvalue weighted by Gasteiger charge is -2.30. The average Bonchev–Trinajstić information content (AvgIpc) is 2.77. The van der Waals surface area contributed by atoms with Gasteiger partial charge < -0.3 is 25.6 Å². The van der Waals surface area contributed by atoms with E-state index >= 15 is 0 Å². The topological polar surface area (TPSA) is 128 Å². The highest BCUT2D eigenvalue weighted by molar-refractivity contribution is 6.00. The van der Waals surface area contributed by atoms with Crippen molar-refractivity contribution in [3.05, 3.63) is 59.2 Å². The van der Waals surface area contributed by atoms with E-state index in [0.717, 1.165) is 16.0 Å². The standard InChI is InChI=1S/C26H31N3O6/c1-7-29(24(33)20(15-30)27-25(34)35-26(4,5)6)22(18-11-13-19(31)14-12-18)23(32)28-21-16(2)9-8-10-17(21)3/h1,8-14,20,22,30-31H,15H2,2-6H3,(H,27,34)(H,28,32). The van der Waals surface area contributed by atoms with Crippen LogP contribution in [0.25, 0.3) is 0 Å². The van der Waals surface area contributed by atoms with E-state index in [1.807, 2.05) is 32.0 Å². The van der Waals surface area contributed by atoms with Gasteiger partial charge in [0.25, 0.3) is 11.8 Å². The van der Waals surface area contributed by atoms with Crippen LogP contribution in [-0.2, 0) is 14.3 Å². The second-order valence-electron chi connectivity index (χ2n) is 8.97. The van der Waals surface area contributed by atoms with Crippen LogP contribution in [0.1, 0.15) is 43.5 Å². The first kappa shape index (κ1) is 27.2. The number of nitrogens with one attached hydrogen (secondary N) is 2. The van der Waals surface area contributed by atoms with E-state index < -0.39 is 42.2 Å². The molecule has 35 heavy (non-hydrogen) atoms. The number of alkyl carbamates (subject to hydrolysis) is 1. The number of rotatable bonds is 7. The molecule has 9 heteroatoms. The van der Waals surface area contributed by atoms with Crippen LogP contribution in [0.5, 0.6) is 5.75 Å². The van der Waals surface area contributed by atoms with Gasteiger partial charge in [0.2, 0.25) is 0 Å². The number of hydrogen-bond donors (Lipinski definition) is 4. The monoisotopic (exact) mass is 481 g/mol. The molecule has 0 aliphatic heterocycles. The number of hydrogen-bond acceptors (Lipinski definition) is 6. The van der Waals surface area contributed by atoms with Crippen LogP contribution >= 0.6 is 0 Å². The molecule has 2 aromatic rings. The molecule has 0 heterocycles. The van der Waals surface area contributed by atoms with Crippen molar-refractivity contribution in [3.63, 3.8) is 0 Å². The molecule has 2 aromatic carbocycles. The van der Waals surface area contributed by atoms with Crippen molar-refractivity contribution < 1.29 is 29.3 Å². The van der Waals surface area contributed by atoms with E-state index in [1.54, 1.807) is 20.8 Å². The highest BCUT2D eigenvalue weighted by Gasteiger charge is 2.36. The van der Waals surface area contributed by atoms with E-state index in [4.69, 9.17) is 11.2 Å². The Morgan fingerprint density at radius 1 is 1.09 bits per heavy atom. The minimum atomic E-state index is -1.46. The van der Waals surface area contributed by atoms with Crippen LogP contribution in [0.3, 0.4) is 0 Å². The Morgan fingerprint density at radius 2 is 1.66 bits per heavy atom. The molecule has 0 aliphatic carbocycles. The zero-order chi connectivity index (χ0) is 26.3. The van der Waals surface area contributed by atoms with Gasteiger partial charge in [0, 0.05) is 11.7 Å². The number of amides is 3. The van der Waals surface area contributed by atoms with Crippen molar-refractivity contribution in [2.24, 2.45) is 0 Å². The molecule has 0 saturated carbocycles. The molecule has 186 valence electrons. The van der Waals surface area contributed by atoms with Crippen molar-refractivity contribution in [2.45, 2.75) is 52.3 Å². The van der Waals surface area contributed by atoms with Crippen LogP contribution in [0.4, 0.5) is 10.5 Å². The van der Waals surface area contributed by atoms with Crippen LogP contribution in [0, 0.1) is 26.3 Å². The molecule has 0 spiro atoms. The van der Waals surface area contributed by atoms with E-state index in [0.29, 0.717) is 11.3 Å². The van der Waals surface area contributed by atoms with E-state index in [2.05, 4.69) is 16.7 Å². The molecule has 2 atom stereocenters. The molecule has 0 fully saturated rings. The highest BCUT2D eigenvalue weighted by Crippen LogP contribution is 2.27. The Bertz CT molecular complexity index is 1100. The SMILES string of the molecule is C#CN(C(=O)C(CO)NC(=O)OC(C)(C)C)C(C(=O)Nc1c(C)cccc1C)c1ccc(O)cc1. The van der Waals surface area contributed by atoms with E-state index in [9.17, 15) is 24.6 Å². The number of carbonyl (C=O) groups is 3. The molecule has 0 bridgehead atoms. The number of aromatic hydroxyl groups is 1. The van der Waals surface area contributed by atoms with Gasteiger partial charge in [-0.2, -0.15) is 0 Å². The molecule has 0 radical (unpaired) electrons. The van der Waals surface area contributed by atoms with E-state index in [-0.39, 0.29) is 5.75 Å². The molecule has 2 rings (SSSR count). The second-order valence-corrected chi connectivity index (χ2v) is 8.97. The van der Waals surface area contributed by atoms with E-state index in [1.165, 1.54) is 24.3 Å². The Kier molecular flexibility index (Phi) is 8.87. The molecule has 4 N–H and O–H groups in total. The maximum atomic E-state index is 13.5. The van der Waals surface area contributed by atoms with Crippen molar-refractivity contribution in [3.8, 4) is 18.2 Å². The van der Waals surface area contributed by atoms with Gasteiger partial charge in [-0.15, -0.1) is 0 Å². The molecular formula is C26H31N3O6. The molecular weight excluding hydrogens is 450 g/mol. The fraction of sp³-hybridized carbons (Fsp3) is 0.346. The van der Waals surface area contributed by atoms with Crippen molar-refractivity contribution >= 4 is 23.6 Å². The van der Waals surface area contributed by atoms with Gasteiger partial charge >= 0.3 is 6.09 Å². The molecule has 9 nitrogen and oxygen atoms in total. The number of carbonyl (C=O) groups excluding carboxylic acids is 3. The normalized spacial score (nSPS) is 12.6. The molecule has 3 amide bonds. The number of aliphatic hydroxyl groups is 1. The quantitative estimate of drug-likeness (QED) is 0.356. The number of benzene rings is 2. The number of para-hydroxylation sites is 1. The minimum Gasteiger partial charge on any atom is -0.508 e. The van der Waals surface area contributed by atoms with Gasteiger partial charge in [-0.1, -0.05) is 36.8 Å². The maximum absolute atomic E-state index is 13.5. The summed E-state index contributed by atoms with van der Waals surface area (Å²) in [5, 5.41) is 24.6. The lowest BCUT2D eigenvalue weighted by Crippen LogP contribution is -2.52. The smallest absolute Gasteiger partial charge is 0.408 e. The van der Waals surface area contributed by atoms with Gasteiger partial charge in [0.05, 0.1) is 6.61 Å². The Hall–Kier alpha value is -4.03. The lowest BCUT2D eigenvalue weighted by molar-refractivity contribution is -0.137. The first-order chi connectivity index (χ1) is 16.4. The van der Waals surface area contributed by atoms with Gasteiger partial charge in [-0.25, -0.2) is 4.79 Å². The van der Waals surface area contributed by atoms with Gasteiger partial charge in [0.15, 0.2) is 0 Å². The molecule has 0 aromatic heterocycles. The van der Waals surface area contributed by atoms with Gasteiger partial charge in [0.1, 0.15) is 23.4 Å². The lowest BCUT2D eigenvalue weighted by atomic mass is 10.0. The predicted molar refractivity (Wildman–Crippen MR) is 131 cm³/mol. The maximum Gasteiger partial charge on any atom is 0.408 e. The zero-order valence-corrected chi connectivity index (χ0v) is 20.5. The Morgan fingerprint density at radius 3 is 2.14 bits per heavy atom. The third-order valence-electron chi connectivity index (χ3n) is 4.99. The first-order valence-electron chi connectivity index (χ1n) is 10.9. The number of anilines is 1. The van der Waals surface area contributed by atoms with Gasteiger partial charge in [-0.05, 0) is 63.4 Å². The fourth-order valence-corrected chi connectivity index (χ4v) is 3.35. The van der Waals surface area contributed by atoms with Crippen LogP contribution in [-0.4, -0.2) is 51.3 Å². The summed E-state index contributed by atoms with van der Waals surface area (Å²) in [5.74, 6) is -1.55. The number of phenolic OH excluding ortho intramolecular Hbond substituents is 1. The summed E-state index contributed by atoms with van der Waals surface area (Å²) in [4.78, 5) is 39.8. The summed E-state index contributed by atoms with van der Waals surface area (Å²) in [7, 11) is 0. The number of terminal acetylenes is 1. The van der Waals surface area contributed by atoms with Crippen molar-refractivity contribution in [2.75, 3.05) is 11.9 Å². The van der Waals surface area contributed by atoms with Gasteiger partial charge in [-0.3, -0.25) is 14.5 Å². The van der Waals surface area contributed by atoms with Crippen molar-refractivity contribution in [1.82, 2.24) is 10.2 Å². The highest BCUT2D eigenvalue weighted by atomic mass is 16.6. The zero-order valence-electron chi connectivity index (χ0n) is 20.5. The minimum absolute atomic E-state index is 0.0407. The molecule has 2 unspecified atom stereocenters. The predicted octanol–water partition coefficient (Wildman–Crippen LogP) is 2.99. The number of aryl methyl sites for hydroxylation is 2. The summed E-state index contributed by atoms with van der Waals surface area (Å²) in [6.07, 6.45) is 4.73. The summed E-state index contributed by atoms with van der Waals surface area (Å²) in [6.45, 7) is 7.82. The summed E-state index contributed by atoms with van der Waals surface area (Å²) >= 11 is 0. The van der Waals surface area contributed by atoms with Crippen LogP contribution in [0.2, 0.25) is 0 Å². The number of ether oxygens (including phenoxy) is 1. The Balaban J connectivity index is 2.43. The number of phenols is 1. The second kappa shape index (κ2) is 11.4. The average molecular weight is 482 g/mol. The van der Waals surface area contributed by atoms with Crippen LogP contribution in [0.15, 0.2) is 42.5 Å². The van der Waals surface area contributed by atoms with Crippen LogP contribution < -0.4 is 10.6 Å². The first-order valence-corrected chi connectivity index (χ1v) is 10.9. The fourth-order valence-electron chi connectivity index (χ4n) is 3.35. The summed E-state index contributed by atoms with van der Waals surface area (Å²) in [5.41, 5.74) is 1.66. The third-order valence-corrected chi connectivity index (χ3v) is 4.99. The molecule has 0 saturated heterocycles. The summed E-state index contributed by atoms with van der Waals surface area (Å²) < 4.78 is 5.15. The summed E-state index contributed by atoms with van der Waals surface area (Å²) in [6, 6.07) is 10.5. The molecule has 0 aliphatic rings. The third kappa shape index (κ3) is 7.22. The number of nitrogens with zero attached hydrogens (tertiary/aromatic N) is 1. The number of aliphatic hydroxyl groups excluding tert-OH is 1.